The van der Waals surface area contributed by atoms with Crippen molar-refractivity contribution in [1.29, 1.82) is 0 Å². The second-order valence-electron chi connectivity index (χ2n) is 5.19. The molecule has 0 bridgehead atoms. The van der Waals surface area contributed by atoms with Crippen LogP contribution >= 0.6 is 0 Å². The lowest BCUT2D eigenvalue weighted by molar-refractivity contribution is -0.386. The molecule has 0 aliphatic rings. The van der Waals surface area contributed by atoms with Crippen LogP contribution in [0.15, 0.2) is 49.6 Å². The molecule has 128 valence electrons. The summed E-state index contributed by atoms with van der Waals surface area (Å²) in [6, 6.07) is 9.17. The van der Waals surface area contributed by atoms with Crippen LogP contribution in [0.2, 0.25) is 0 Å². The highest BCUT2D eigenvalue weighted by molar-refractivity contribution is 5.54. The minimum atomic E-state index is -0.494. The van der Waals surface area contributed by atoms with Crippen molar-refractivity contribution in [3.8, 4) is 0 Å². The average molecular weight is 340 g/mol. The van der Waals surface area contributed by atoms with E-state index in [1.807, 2.05) is 0 Å². The van der Waals surface area contributed by atoms with Crippen LogP contribution in [-0.2, 0) is 18.0 Å². The van der Waals surface area contributed by atoms with Gasteiger partial charge in [0.2, 0.25) is 0 Å². The van der Waals surface area contributed by atoms with E-state index in [9.17, 15) is 20.2 Å². The quantitative estimate of drug-likeness (QED) is 0.520. The molecule has 0 N–H and O–H groups in total. The van der Waals surface area contributed by atoms with E-state index in [4.69, 9.17) is 4.74 Å². The van der Waals surface area contributed by atoms with Crippen LogP contribution < -0.4 is 0 Å². The molecule has 0 unspecified atom stereocenters. The maximum absolute atomic E-state index is 11.1. The van der Waals surface area contributed by atoms with Crippen LogP contribution in [0.4, 0.5) is 11.4 Å². The van der Waals surface area contributed by atoms with Crippen molar-refractivity contribution in [2.45, 2.75) is 13.2 Å². The number of benzene rings is 2. The molecule has 0 saturated heterocycles. The molecular formula is C18H16N2O5. The lowest BCUT2D eigenvalue weighted by Gasteiger charge is -2.08. The van der Waals surface area contributed by atoms with Gasteiger partial charge in [-0.05, 0) is 35.4 Å². The standard InChI is InChI=1S/C18H16N2O5/c1-3-13-5-7-17(19(21)22)15(9-13)11-25-12-16-10-14(4-2)6-8-18(16)20(23)24/h3-10H,1-2,11-12H2. The molecule has 0 saturated carbocycles. The van der Waals surface area contributed by atoms with Crippen LogP contribution in [0.3, 0.4) is 0 Å². The van der Waals surface area contributed by atoms with Crippen molar-refractivity contribution in [1.82, 2.24) is 0 Å². The van der Waals surface area contributed by atoms with Gasteiger partial charge in [-0.2, -0.15) is 0 Å². The monoisotopic (exact) mass is 340 g/mol. The summed E-state index contributed by atoms with van der Waals surface area (Å²) in [4.78, 5) is 21.2. The first kappa shape index (κ1) is 18.0. The zero-order valence-corrected chi connectivity index (χ0v) is 13.4. The number of rotatable bonds is 8. The van der Waals surface area contributed by atoms with E-state index in [1.54, 1.807) is 36.4 Å². The molecule has 25 heavy (non-hydrogen) atoms. The Bertz CT molecular complexity index is 776. The van der Waals surface area contributed by atoms with Gasteiger partial charge in [-0.3, -0.25) is 20.2 Å². The van der Waals surface area contributed by atoms with Gasteiger partial charge in [0, 0.05) is 12.1 Å². The van der Waals surface area contributed by atoms with Crippen molar-refractivity contribution >= 4 is 23.5 Å². The van der Waals surface area contributed by atoms with E-state index >= 15 is 0 Å². The summed E-state index contributed by atoms with van der Waals surface area (Å²) in [6.07, 6.45) is 3.15. The molecule has 2 aromatic carbocycles. The minimum absolute atomic E-state index is 0.0482. The Kier molecular flexibility index (Phi) is 5.75. The second kappa shape index (κ2) is 7.98. The zero-order valence-electron chi connectivity index (χ0n) is 13.4. The number of hydrogen-bond acceptors (Lipinski definition) is 5. The highest BCUT2D eigenvalue weighted by Gasteiger charge is 2.16. The van der Waals surface area contributed by atoms with Crippen molar-refractivity contribution in [3.05, 3.63) is 92.0 Å². The fourth-order valence-corrected chi connectivity index (χ4v) is 2.32. The Morgan fingerprint density at radius 3 is 1.56 bits per heavy atom. The second-order valence-corrected chi connectivity index (χ2v) is 5.19. The summed E-state index contributed by atoms with van der Waals surface area (Å²) in [6.45, 7) is 7.16. The van der Waals surface area contributed by atoms with Gasteiger partial charge in [-0.25, -0.2) is 0 Å². The van der Waals surface area contributed by atoms with Gasteiger partial charge < -0.3 is 4.74 Å². The zero-order chi connectivity index (χ0) is 18.4. The number of hydrogen-bond donors (Lipinski definition) is 0. The molecule has 0 aromatic heterocycles. The summed E-state index contributed by atoms with van der Waals surface area (Å²) >= 11 is 0. The van der Waals surface area contributed by atoms with Gasteiger partial charge in [-0.1, -0.05) is 25.3 Å². The van der Waals surface area contributed by atoms with Crippen LogP contribution in [0.5, 0.6) is 0 Å². The van der Waals surface area contributed by atoms with E-state index in [2.05, 4.69) is 13.2 Å². The Balaban J connectivity index is 2.21. The Hall–Kier alpha value is -3.32. The van der Waals surface area contributed by atoms with Gasteiger partial charge >= 0.3 is 0 Å². The van der Waals surface area contributed by atoms with Crippen LogP contribution in [0.25, 0.3) is 12.2 Å². The maximum Gasteiger partial charge on any atom is 0.274 e. The van der Waals surface area contributed by atoms with Gasteiger partial charge in [0.25, 0.3) is 11.4 Å². The summed E-state index contributed by atoms with van der Waals surface area (Å²) in [5, 5.41) is 22.2. The molecule has 0 amide bonds. The number of nitro groups is 2. The van der Waals surface area contributed by atoms with E-state index in [0.29, 0.717) is 11.1 Å². The maximum atomic E-state index is 11.1. The Morgan fingerprint density at radius 2 is 1.24 bits per heavy atom. The van der Waals surface area contributed by atoms with E-state index in [1.165, 1.54) is 12.1 Å². The molecule has 0 spiro atoms. The first-order valence-electron chi connectivity index (χ1n) is 7.33. The molecule has 2 aromatic rings. The molecule has 0 aliphatic heterocycles. The third-order valence-corrected chi connectivity index (χ3v) is 3.59. The van der Waals surface area contributed by atoms with Crippen molar-refractivity contribution in [2.24, 2.45) is 0 Å². The molecule has 0 radical (unpaired) electrons. The average Bonchev–Trinajstić information content (AvgIpc) is 2.60. The van der Waals surface area contributed by atoms with Crippen LogP contribution in [0, 0.1) is 20.2 Å². The first-order chi connectivity index (χ1) is 12.0. The summed E-state index contributed by atoms with van der Waals surface area (Å²) < 4.78 is 5.51. The molecule has 7 heteroatoms. The van der Waals surface area contributed by atoms with E-state index in [-0.39, 0.29) is 24.6 Å². The van der Waals surface area contributed by atoms with Crippen LogP contribution in [0.1, 0.15) is 22.3 Å². The van der Waals surface area contributed by atoms with Crippen LogP contribution in [-0.4, -0.2) is 9.85 Å². The third kappa shape index (κ3) is 4.36. The van der Waals surface area contributed by atoms with Gasteiger partial charge in [0.15, 0.2) is 0 Å². The molecule has 7 nitrogen and oxygen atoms in total. The van der Waals surface area contributed by atoms with Crippen molar-refractivity contribution in [3.63, 3.8) is 0 Å². The molecule has 0 fully saturated rings. The number of nitro benzene ring substituents is 2. The number of nitrogens with zero attached hydrogens (tertiary/aromatic N) is 2. The molecule has 2 rings (SSSR count). The van der Waals surface area contributed by atoms with Gasteiger partial charge in [-0.15, -0.1) is 0 Å². The smallest absolute Gasteiger partial charge is 0.274 e. The Morgan fingerprint density at radius 1 is 0.840 bits per heavy atom. The van der Waals surface area contributed by atoms with Crippen molar-refractivity contribution in [2.75, 3.05) is 0 Å². The fourth-order valence-electron chi connectivity index (χ4n) is 2.32. The lowest BCUT2D eigenvalue weighted by atomic mass is 10.1. The van der Waals surface area contributed by atoms with Gasteiger partial charge in [0.05, 0.1) is 34.2 Å². The molecule has 0 atom stereocenters. The molecular weight excluding hydrogens is 324 g/mol. The molecule has 0 heterocycles. The number of ether oxygens (including phenoxy) is 1. The van der Waals surface area contributed by atoms with Gasteiger partial charge in [0.1, 0.15) is 0 Å². The summed E-state index contributed by atoms with van der Waals surface area (Å²) in [7, 11) is 0. The largest absolute Gasteiger partial charge is 0.372 e. The minimum Gasteiger partial charge on any atom is -0.372 e. The first-order valence-corrected chi connectivity index (χ1v) is 7.33. The highest BCUT2D eigenvalue weighted by Crippen LogP contribution is 2.24. The topological polar surface area (TPSA) is 95.5 Å². The highest BCUT2D eigenvalue weighted by atomic mass is 16.6. The lowest BCUT2D eigenvalue weighted by Crippen LogP contribution is -2.02. The van der Waals surface area contributed by atoms with Crippen molar-refractivity contribution < 1.29 is 14.6 Å². The molecule has 0 aliphatic carbocycles. The fraction of sp³-hybridized carbons (Fsp3) is 0.111. The van der Waals surface area contributed by atoms with E-state index in [0.717, 1.165) is 11.1 Å². The summed E-state index contributed by atoms with van der Waals surface area (Å²) in [5.74, 6) is 0. The Labute approximate surface area is 144 Å². The van der Waals surface area contributed by atoms with E-state index < -0.39 is 9.85 Å². The summed E-state index contributed by atoms with van der Waals surface area (Å²) in [5.41, 5.74) is 2.07. The third-order valence-electron chi connectivity index (χ3n) is 3.59. The predicted molar refractivity (Wildman–Crippen MR) is 94.9 cm³/mol. The SMILES string of the molecule is C=Cc1ccc([N+](=O)[O-])c(COCc2cc(C=C)ccc2[N+](=O)[O-])c1. The predicted octanol–water partition coefficient (Wildman–Crippen LogP) is 4.51. The normalized spacial score (nSPS) is 10.2.